The van der Waals surface area contributed by atoms with Gasteiger partial charge in [-0.05, 0) is 33.6 Å². The normalized spacial score (nSPS) is 13.7. The van der Waals surface area contributed by atoms with Gasteiger partial charge in [-0.2, -0.15) is 0 Å². The Hall–Kier alpha value is -0.520. The highest BCUT2D eigenvalue weighted by Gasteiger charge is 1.93. The Labute approximate surface area is 77.4 Å². The molecule has 0 aliphatic rings. The fourth-order valence-electron chi connectivity index (χ4n) is 1.23. The highest BCUT2D eigenvalue weighted by atomic mass is 14.0. The Bertz CT molecular complexity index is 161. The van der Waals surface area contributed by atoms with Crippen molar-refractivity contribution in [3.05, 3.63) is 23.3 Å². The van der Waals surface area contributed by atoms with E-state index in [-0.39, 0.29) is 0 Å². The van der Waals surface area contributed by atoms with E-state index >= 15 is 0 Å². The third-order valence-electron chi connectivity index (χ3n) is 2.25. The van der Waals surface area contributed by atoms with Gasteiger partial charge in [0.05, 0.1) is 0 Å². The van der Waals surface area contributed by atoms with Gasteiger partial charge in [0, 0.05) is 0 Å². The maximum Gasteiger partial charge on any atom is -0.0317 e. The molecular formula is C12H22. The Kier molecular flexibility index (Phi) is 6.84. The van der Waals surface area contributed by atoms with Crippen molar-refractivity contribution in [2.24, 2.45) is 0 Å². The van der Waals surface area contributed by atoms with E-state index in [0.29, 0.717) is 0 Å². The van der Waals surface area contributed by atoms with Gasteiger partial charge in [-0.1, -0.05) is 43.1 Å². The lowest BCUT2D eigenvalue weighted by Crippen LogP contribution is -1.82. The van der Waals surface area contributed by atoms with E-state index in [2.05, 4.69) is 39.8 Å². The molecule has 0 nitrogen and oxygen atoms in total. The molecule has 0 aliphatic carbocycles. The second-order valence-electron chi connectivity index (χ2n) is 3.42. The van der Waals surface area contributed by atoms with E-state index in [1.807, 2.05) is 0 Å². The number of unbranched alkanes of at least 4 members (excludes halogenated alkanes) is 2. The maximum absolute atomic E-state index is 2.25. The van der Waals surface area contributed by atoms with Gasteiger partial charge < -0.3 is 0 Å². The standard InChI is InChI=1S/C12H22/c1-5-7-8-10-12(4)11(3)9-6-2/h6,9H,5,7-8,10H2,1-4H3. The van der Waals surface area contributed by atoms with Crippen LogP contribution in [-0.4, -0.2) is 0 Å². The van der Waals surface area contributed by atoms with Crippen LogP contribution in [0.15, 0.2) is 23.3 Å². The smallest absolute Gasteiger partial charge is 0.0317 e. The molecule has 0 bridgehead atoms. The van der Waals surface area contributed by atoms with E-state index in [9.17, 15) is 0 Å². The second kappa shape index (κ2) is 7.15. The molecule has 0 rings (SSSR count). The van der Waals surface area contributed by atoms with Crippen molar-refractivity contribution in [3.63, 3.8) is 0 Å². The minimum atomic E-state index is 1.27. The summed E-state index contributed by atoms with van der Waals surface area (Å²) in [5.41, 5.74) is 2.98. The molecule has 0 atom stereocenters. The Balaban J connectivity index is 3.82. The molecule has 0 unspecified atom stereocenters. The van der Waals surface area contributed by atoms with Crippen molar-refractivity contribution in [3.8, 4) is 0 Å². The van der Waals surface area contributed by atoms with Crippen LogP contribution in [-0.2, 0) is 0 Å². The average Bonchev–Trinajstić information content (AvgIpc) is 2.05. The van der Waals surface area contributed by atoms with Gasteiger partial charge in [-0.25, -0.2) is 0 Å². The summed E-state index contributed by atoms with van der Waals surface area (Å²) in [5, 5.41) is 0. The SMILES string of the molecule is CC=CC(C)=C(C)CCCCC. The van der Waals surface area contributed by atoms with Crippen LogP contribution in [0.2, 0.25) is 0 Å². The molecule has 0 aliphatic heterocycles. The Morgan fingerprint density at radius 1 is 1.17 bits per heavy atom. The van der Waals surface area contributed by atoms with E-state index in [4.69, 9.17) is 0 Å². The lowest BCUT2D eigenvalue weighted by molar-refractivity contribution is 0.711. The molecule has 0 saturated heterocycles. The van der Waals surface area contributed by atoms with Crippen molar-refractivity contribution in [1.29, 1.82) is 0 Å². The molecule has 0 aromatic heterocycles. The summed E-state index contributed by atoms with van der Waals surface area (Å²) in [6.45, 7) is 8.76. The fraction of sp³-hybridized carbons (Fsp3) is 0.667. The minimum absolute atomic E-state index is 1.27. The molecule has 0 radical (unpaired) electrons. The summed E-state index contributed by atoms with van der Waals surface area (Å²) < 4.78 is 0. The summed E-state index contributed by atoms with van der Waals surface area (Å²) in [6, 6.07) is 0. The van der Waals surface area contributed by atoms with Crippen LogP contribution >= 0.6 is 0 Å². The zero-order chi connectivity index (χ0) is 9.40. The number of hydrogen-bond acceptors (Lipinski definition) is 0. The lowest BCUT2D eigenvalue weighted by atomic mass is 10.0. The fourth-order valence-corrected chi connectivity index (χ4v) is 1.23. The maximum atomic E-state index is 2.25. The van der Waals surface area contributed by atoms with Crippen molar-refractivity contribution in [1.82, 2.24) is 0 Å². The van der Waals surface area contributed by atoms with Crippen LogP contribution in [0.5, 0.6) is 0 Å². The third kappa shape index (κ3) is 5.17. The van der Waals surface area contributed by atoms with E-state index in [1.54, 1.807) is 5.57 Å². The average molecular weight is 166 g/mol. The summed E-state index contributed by atoms with van der Waals surface area (Å²) in [7, 11) is 0. The molecule has 0 aromatic rings. The Morgan fingerprint density at radius 3 is 2.33 bits per heavy atom. The van der Waals surface area contributed by atoms with Crippen LogP contribution in [0.3, 0.4) is 0 Å². The van der Waals surface area contributed by atoms with Gasteiger partial charge >= 0.3 is 0 Å². The van der Waals surface area contributed by atoms with E-state index in [0.717, 1.165) is 0 Å². The zero-order valence-electron chi connectivity index (χ0n) is 8.98. The first kappa shape index (κ1) is 11.5. The van der Waals surface area contributed by atoms with Crippen molar-refractivity contribution in [2.45, 2.75) is 53.4 Å². The van der Waals surface area contributed by atoms with Crippen LogP contribution < -0.4 is 0 Å². The predicted molar refractivity (Wildman–Crippen MR) is 57.3 cm³/mol. The number of hydrogen-bond donors (Lipinski definition) is 0. The van der Waals surface area contributed by atoms with Crippen LogP contribution in [0, 0.1) is 0 Å². The van der Waals surface area contributed by atoms with Crippen LogP contribution in [0.25, 0.3) is 0 Å². The van der Waals surface area contributed by atoms with Crippen LogP contribution in [0.4, 0.5) is 0 Å². The third-order valence-corrected chi connectivity index (χ3v) is 2.25. The summed E-state index contributed by atoms with van der Waals surface area (Å²) in [4.78, 5) is 0. The van der Waals surface area contributed by atoms with Gasteiger partial charge in [0.1, 0.15) is 0 Å². The van der Waals surface area contributed by atoms with Gasteiger partial charge in [0.25, 0.3) is 0 Å². The monoisotopic (exact) mass is 166 g/mol. The Morgan fingerprint density at radius 2 is 1.83 bits per heavy atom. The molecule has 0 spiro atoms. The quantitative estimate of drug-likeness (QED) is 0.417. The lowest BCUT2D eigenvalue weighted by Gasteiger charge is -2.02. The van der Waals surface area contributed by atoms with Gasteiger partial charge in [-0.3, -0.25) is 0 Å². The van der Waals surface area contributed by atoms with Crippen molar-refractivity contribution < 1.29 is 0 Å². The molecule has 70 valence electrons. The summed E-state index contributed by atoms with van der Waals surface area (Å²) in [6.07, 6.45) is 9.59. The molecule has 0 fully saturated rings. The molecule has 12 heavy (non-hydrogen) atoms. The number of allylic oxidation sites excluding steroid dienone is 4. The van der Waals surface area contributed by atoms with Gasteiger partial charge in [0.2, 0.25) is 0 Å². The summed E-state index contributed by atoms with van der Waals surface area (Å²) in [5.74, 6) is 0. The topological polar surface area (TPSA) is 0 Å². The highest BCUT2D eigenvalue weighted by molar-refractivity contribution is 5.21. The number of rotatable bonds is 5. The van der Waals surface area contributed by atoms with Gasteiger partial charge in [-0.15, -0.1) is 0 Å². The zero-order valence-corrected chi connectivity index (χ0v) is 8.98. The van der Waals surface area contributed by atoms with E-state index < -0.39 is 0 Å². The largest absolute Gasteiger partial charge is 0.0874 e. The van der Waals surface area contributed by atoms with Crippen molar-refractivity contribution in [2.75, 3.05) is 0 Å². The van der Waals surface area contributed by atoms with Gasteiger partial charge in [0.15, 0.2) is 0 Å². The highest BCUT2D eigenvalue weighted by Crippen LogP contribution is 2.13. The first-order valence-corrected chi connectivity index (χ1v) is 5.01. The molecule has 0 aromatic carbocycles. The first-order chi connectivity index (χ1) is 5.72. The minimum Gasteiger partial charge on any atom is -0.0874 e. The second-order valence-corrected chi connectivity index (χ2v) is 3.42. The molecule has 0 heterocycles. The molecule has 0 N–H and O–H groups in total. The molecule has 0 heteroatoms. The molecule has 0 saturated carbocycles. The van der Waals surface area contributed by atoms with Crippen molar-refractivity contribution >= 4 is 0 Å². The summed E-state index contributed by atoms with van der Waals surface area (Å²) >= 11 is 0. The molecular weight excluding hydrogens is 144 g/mol. The predicted octanol–water partition coefficient (Wildman–Crippen LogP) is 4.48. The van der Waals surface area contributed by atoms with Crippen LogP contribution in [0.1, 0.15) is 53.4 Å². The molecule has 0 amide bonds. The van der Waals surface area contributed by atoms with E-state index in [1.165, 1.54) is 31.3 Å². The first-order valence-electron chi connectivity index (χ1n) is 5.01.